The van der Waals surface area contributed by atoms with Crippen molar-refractivity contribution in [3.05, 3.63) is 0 Å². The van der Waals surface area contributed by atoms with Crippen LogP contribution in [0.3, 0.4) is 0 Å². The Hall–Kier alpha value is -0.570. The molecule has 92 valence electrons. The van der Waals surface area contributed by atoms with Crippen LogP contribution in [0.1, 0.15) is 46.0 Å². The molecule has 1 unspecified atom stereocenters. The zero-order valence-corrected chi connectivity index (χ0v) is 10.5. The van der Waals surface area contributed by atoms with E-state index in [1.54, 1.807) is 0 Å². The van der Waals surface area contributed by atoms with Gasteiger partial charge in [-0.25, -0.2) is 0 Å². The van der Waals surface area contributed by atoms with E-state index in [0.29, 0.717) is 17.9 Å². The minimum Gasteiger partial charge on any atom is -0.356 e. The Balaban J connectivity index is 1.78. The highest BCUT2D eigenvalue weighted by atomic mass is 16.1. The standard InChI is InChI=1S/C13H24N2O/c1-10(2)13(5-6-13)9-15-11-4-3-7-14-12(16)8-11/h10-11,15H,3-9H2,1-2H3,(H,14,16). The van der Waals surface area contributed by atoms with E-state index < -0.39 is 0 Å². The van der Waals surface area contributed by atoms with Crippen molar-refractivity contribution in [3.8, 4) is 0 Å². The van der Waals surface area contributed by atoms with Crippen molar-refractivity contribution in [1.82, 2.24) is 10.6 Å². The molecule has 2 rings (SSSR count). The summed E-state index contributed by atoms with van der Waals surface area (Å²) >= 11 is 0. The van der Waals surface area contributed by atoms with Crippen LogP contribution in [-0.4, -0.2) is 25.0 Å². The maximum Gasteiger partial charge on any atom is 0.221 e. The normalized spacial score (nSPS) is 28.7. The van der Waals surface area contributed by atoms with E-state index >= 15 is 0 Å². The minimum atomic E-state index is 0.212. The average Bonchev–Trinajstić information content (AvgIpc) is 3.00. The summed E-state index contributed by atoms with van der Waals surface area (Å²) in [5.41, 5.74) is 0.544. The SMILES string of the molecule is CC(C)C1(CNC2CCCNC(=O)C2)CC1. The first-order valence-corrected chi connectivity index (χ1v) is 6.62. The van der Waals surface area contributed by atoms with Crippen LogP contribution in [0.25, 0.3) is 0 Å². The van der Waals surface area contributed by atoms with Gasteiger partial charge in [0.25, 0.3) is 0 Å². The van der Waals surface area contributed by atoms with E-state index in [9.17, 15) is 4.79 Å². The van der Waals surface area contributed by atoms with Gasteiger partial charge in [-0.2, -0.15) is 0 Å². The van der Waals surface area contributed by atoms with Crippen LogP contribution in [0.2, 0.25) is 0 Å². The van der Waals surface area contributed by atoms with Crippen molar-refractivity contribution in [3.63, 3.8) is 0 Å². The van der Waals surface area contributed by atoms with Crippen molar-refractivity contribution in [2.24, 2.45) is 11.3 Å². The Bertz CT molecular complexity index is 259. The molecule has 1 heterocycles. The van der Waals surface area contributed by atoms with Gasteiger partial charge in [-0.1, -0.05) is 13.8 Å². The monoisotopic (exact) mass is 224 g/mol. The summed E-state index contributed by atoms with van der Waals surface area (Å²) in [6.07, 6.45) is 5.62. The first kappa shape index (κ1) is 11.9. The fraction of sp³-hybridized carbons (Fsp3) is 0.923. The molecule has 1 saturated carbocycles. The molecule has 16 heavy (non-hydrogen) atoms. The summed E-state index contributed by atoms with van der Waals surface area (Å²) in [5, 5.41) is 6.55. The molecule has 1 atom stereocenters. The van der Waals surface area contributed by atoms with E-state index in [2.05, 4.69) is 24.5 Å². The fourth-order valence-electron chi connectivity index (χ4n) is 2.61. The van der Waals surface area contributed by atoms with Gasteiger partial charge in [0.1, 0.15) is 0 Å². The highest BCUT2D eigenvalue weighted by molar-refractivity contribution is 5.76. The van der Waals surface area contributed by atoms with Gasteiger partial charge in [-0.3, -0.25) is 4.79 Å². The molecule has 2 aliphatic rings. The Kier molecular flexibility index (Phi) is 3.53. The maximum atomic E-state index is 11.4. The molecule has 2 N–H and O–H groups in total. The molecule has 0 bridgehead atoms. The number of carbonyl (C=O) groups excluding carboxylic acids is 1. The molecule has 0 radical (unpaired) electrons. The van der Waals surface area contributed by atoms with Gasteiger partial charge in [-0.15, -0.1) is 0 Å². The molecule has 1 saturated heterocycles. The molecule has 0 spiro atoms. The highest BCUT2D eigenvalue weighted by Gasteiger charge is 2.45. The summed E-state index contributed by atoms with van der Waals surface area (Å²) in [6.45, 7) is 6.58. The largest absolute Gasteiger partial charge is 0.356 e. The first-order valence-electron chi connectivity index (χ1n) is 6.62. The number of hydrogen-bond donors (Lipinski definition) is 2. The molecule has 2 fully saturated rings. The molecule has 1 aliphatic heterocycles. The summed E-state index contributed by atoms with van der Waals surface area (Å²) < 4.78 is 0. The van der Waals surface area contributed by atoms with E-state index in [1.807, 2.05) is 0 Å². The van der Waals surface area contributed by atoms with Crippen LogP contribution < -0.4 is 10.6 Å². The third-order valence-corrected chi connectivity index (χ3v) is 4.34. The Labute approximate surface area is 98.4 Å². The van der Waals surface area contributed by atoms with Crippen LogP contribution in [-0.2, 0) is 4.79 Å². The fourth-order valence-corrected chi connectivity index (χ4v) is 2.61. The van der Waals surface area contributed by atoms with Crippen LogP contribution in [0, 0.1) is 11.3 Å². The second-order valence-electron chi connectivity index (χ2n) is 5.79. The molecule has 1 amide bonds. The third kappa shape index (κ3) is 2.76. The molecule has 0 aromatic rings. The smallest absolute Gasteiger partial charge is 0.221 e. The van der Waals surface area contributed by atoms with Crippen LogP contribution in [0.4, 0.5) is 0 Å². The Morgan fingerprint density at radius 1 is 1.50 bits per heavy atom. The van der Waals surface area contributed by atoms with Gasteiger partial charge < -0.3 is 10.6 Å². The molecule has 3 heteroatoms. The average molecular weight is 224 g/mol. The van der Waals surface area contributed by atoms with Crippen LogP contribution >= 0.6 is 0 Å². The van der Waals surface area contributed by atoms with E-state index in [1.165, 1.54) is 12.8 Å². The van der Waals surface area contributed by atoms with Gasteiger partial charge in [0.05, 0.1) is 0 Å². The number of carbonyl (C=O) groups is 1. The molecule has 0 aromatic carbocycles. The summed E-state index contributed by atoms with van der Waals surface area (Å²) in [4.78, 5) is 11.4. The Morgan fingerprint density at radius 2 is 2.25 bits per heavy atom. The van der Waals surface area contributed by atoms with E-state index in [-0.39, 0.29) is 5.91 Å². The van der Waals surface area contributed by atoms with Gasteiger partial charge in [-0.05, 0) is 37.0 Å². The van der Waals surface area contributed by atoms with Crippen molar-refractivity contribution >= 4 is 5.91 Å². The maximum absolute atomic E-state index is 11.4. The molecule has 3 nitrogen and oxygen atoms in total. The van der Waals surface area contributed by atoms with Crippen LogP contribution in [0.15, 0.2) is 0 Å². The topological polar surface area (TPSA) is 41.1 Å². The number of rotatable bonds is 4. The number of amides is 1. The quantitative estimate of drug-likeness (QED) is 0.763. The van der Waals surface area contributed by atoms with Crippen molar-refractivity contribution in [2.45, 2.75) is 52.0 Å². The first-order chi connectivity index (χ1) is 7.62. The van der Waals surface area contributed by atoms with Gasteiger partial charge >= 0.3 is 0 Å². The summed E-state index contributed by atoms with van der Waals surface area (Å²) in [5.74, 6) is 0.976. The van der Waals surface area contributed by atoms with Crippen molar-refractivity contribution in [1.29, 1.82) is 0 Å². The lowest BCUT2D eigenvalue weighted by Crippen LogP contribution is -2.37. The molecular formula is C13H24N2O. The lowest BCUT2D eigenvalue weighted by atomic mass is 9.92. The summed E-state index contributed by atoms with van der Waals surface area (Å²) in [6, 6.07) is 0.402. The lowest BCUT2D eigenvalue weighted by Gasteiger charge is -2.23. The van der Waals surface area contributed by atoms with Gasteiger partial charge in [0, 0.05) is 25.6 Å². The lowest BCUT2D eigenvalue weighted by molar-refractivity contribution is -0.121. The zero-order valence-electron chi connectivity index (χ0n) is 10.5. The third-order valence-electron chi connectivity index (χ3n) is 4.34. The second-order valence-corrected chi connectivity index (χ2v) is 5.79. The van der Waals surface area contributed by atoms with Gasteiger partial charge in [0.15, 0.2) is 0 Å². The number of nitrogens with one attached hydrogen (secondary N) is 2. The second kappa shape index (κ2) is 4.74. The zero-order chi connectivity index (χ0) is 11.6. The predicted octanol–water partition coefficient (Wildman–Crippen LogP) is 1.68. The Morgan fingerprint density at radius 3 is 2.88 bits per heavy atom. The molecule has 0 aromatic heterocycles. The van der Waals surface area contributed by atoms with Crippen molar-refractivity contribution in [2.75, 3.05) is 13.1 Å². The minimum absolute atomic E-state index is 0.212. The summed E-state index contributed by atoms with van der Waals surface area (Å²) in [7, 11) is 0. The number of hydrogen-bond acceptors (Lipinski definition) is 2. The highest BCUT2D eigenvalue weighted by Crippen LogP contribution is 2.51. The predicted molar refractivity (Wildman–Crippen MR) is 65.2 cm³/mol. The van der Waals surface area contributed by atoms with Crippen molar-refractivity contribution < 1.29 is 4.79 Å². The van der Waals surface area contributed by atoms with E-state index in [4.69, 9.17) is 0 Å². The van der Waals surface area contributed by atoms with Crippen LogP contribution in [0.5, 0.6) is 0 Å². The van der Waals surface area contributed by atoms with E-state index in [0.717, 1.165) is 31.8 Å². The molecular weight excluding hydrogens is 200 g/mol. The molecule has 1 aliphatic carbocycles. The van der Waals surface area contributed by atoms with Gasteiger partial charge in [0.2, 0.25) is 5.91 Å².